The Morgan fingerprint density at radius 2 is 2.00 bits per heavy atom. The maximum atomic E-state index is 12.8. The normalized spacial score (nSPS) is 11.8. The van der Waals surface area contributed by atoms with Gasteiger partial charge in [0.2, 0.25) is 0 Å². The van der Waals surface area contributed by atoms with Gasteiger partial charge in [0.15, 0.2) is 0 Å². The third-order valence-electron chi connectivity index (χ3n) is 2.86. The van der Waals surface area contributed by atoms with Gasteiger partial charge >= 0.3 is 6.18 Å². The van der Waals surface area contributed by atoms with Crippen molar-refractivity contribution >= 4 is 23.3 Å². The van der Waals surface area contributed by atoms with Crippen LogP contribution in [0, 0.1) is 5.41 Å². The molecule has 0 aliphatic heterocycles. The largest absolute Gasteiger partial charge is 0.405 e. The average molecular weight is 319 g/mol. The Morgan fingerprint density at radius 1 is 1.38 bits per heavy atom. The van der Waals surface area contributed by atoms with E-state index in [4.69, 9.17) is 11.1 Å². The maximum absolute atomic E-state index is 12.8. The number of hydrogen-bond donors (Lipinski definition) is 2. The number of thioether (sulfide) groups is 1. The summed E-state index contributed by atoms with van der Waals surface area (Å²) in [6, 6.07) is 4.71. The second-order valence-corrected chi connectivity index (χ2v) is 6.14. The molecule has 0 aromatic heterocycles. The summed E-state index contributed by atoms with van der Waals surface area (Å²) < 4.78 is 38.4. The Hall–Kier alpha value is -1.37. The second kappa shape index (κ2) is 7.06. The number of nitrogens with zero attached hydrogens (tertiary/aromatic N) is 1. The van der Waals surface area contributed by atoms with Crippen molar-refractivity contribution in [2.24, 2.45) is 5.73 Å². The molecule has 0 atom stereocenters. The zero-order valence-corrected chi connectivity index (χ0v) is 13.1. The van der Waals surface area contributed by atoms with Crippen LogP contribution < -0.4 is 10.6 Å². The van der Waals surface area contributed by atoms with Gasteiger partial charge < -0.3 is 10.6 Å². The minimum Gasteiger partial charge on any atom is -0.384 e. The molecule has 0 radical (unpaired) electrons. The SMILES string of the molecule is CCSc1cccc(N(CC(F)(F)F)C(C)C)c1C(=N)N. The van der Waals surface area contributed by atoms with E-state index >= 15 is 0 Å². The van der Waals surface area contributed by atoms with Crippen molar-refractivity contribution in [3.63, 3.8) is 0 Å². The minimum absolute atomic E-state index is 0.214. The van der Waals surface area contributed by atoms with Gasteiger partial charge in [-0.25, -0.2) is 0 Å². The Balaban J connectivity index is 3.37. The third-order valence-corrected chi connectivity index (χ3v) is 3.80. The van der Waals surface area contributed by atoms with Crippen molar-refractivity contribution in [2.45, 2.75) is 37.9 Å². The lowest BCUT2D eigenvalue weighted by Gasteiger charge is -2.32. The van der Waals surface area contributed by atoms with Crippen LogP contribution in [-0.4, -0.2) is 30.4 Å². The number of nitrogens with two attached hydrogens (primary N) is 1. The molecule has 3 N–H and O–H groups in total. The van der Waals surface area contributed by atoms with E-state index < -0.39 is 12.7 Å². The molecule has 0 saturated heterocycles. The van der Waals surface area contributed by atoms with Gasteiger partial charge in [-0.05, 0) is 31.7 Å². The first-order chi connectivity index (χ1) is 9.67. The number of nitrogens with one attached hydrogen (secondary N) is 1. The van der Waals surface area contributed by atoms with Crippen molar-refractivity contribution in [3.8, 4) is 0 Å². The van der Waals surface area contributed by atoms with Gasteiger partial charge in [-0.3, -0.25) is 5.41 Å². The van der Waals surface area contributed by atoms with Crippen LogP contribution in [0.25, 0.3) is 0 Å². The third kappa shape index (κ3) is 4.84. The van der Waals surface area contributed by atoms with Gasteiger partial charge in [0.1, 0.15) is 12.4 Å². The van der Waals surface area contributed by atoms with Crippen molar-refractivity contribution < 1.29 is 13.2 Å². The van der Waals surface area contributed by atoms with E-state index in [-0.39, 0.29) is 11.9 Å². The van der Waals surface area contributed by atoms with Crippen molar-refractivity contribution in [2.75, 3.05) is 17.2 Å². The zero-order valence-electron chi connectivity index (χ0n) is 12.3. The monoisotopic (exact) mass is 319 g/mol. The molecule has 1 rings (SSSR count). The summed E-state index contributed by atoms with van der Waals surface area (Å²) in [7, 11) is 0. The number of anilines is 1. The summed E-state index contributed by atoms with van der Waals surface area (Å²) in [6.07, 6.45) is -4.31. The average Bonchev–Trinajstić information content (AvgIpc) is 2.34. The molecule has 1 aromatic rings. The summed E-state index contributed by atoms with van der Waals surface area (Å²) in [5, 5.41) is 7.72. The first-order valence-corrected chi connectivity index (χ1v) is 7.59. The molecule has 0 aliphatic rings. The Labute approximate surface area is 127 Å². The molecule has 0 fully saturated rings. The number of hydrogen-bond acceptors (Lipinski definition) is 3. The summed E-state index contributed by atoms with van der Waals surface area (Å²) >= 11 is 1.46. The van der Waals surface area contributed by atoms with Crippen LogP contribution in [0.15, 0.2) is 23.1 Å². The summed E-state index contributed by atoms with van der Waals surface area (Å²) in [5.41, 5.74) is 6.34. The van der Waals surface area contributed by atoms with Crippen LogP contribution in [0.2, 0.25) is 0 Å². The number of nitrogen functional groups attached to an aromatic ring is 1. The van der Waals surface area contributed by atoms with Gasteiger partial charge in [-0.15, -0.1) is 11.8 Å². The van der Waals surface area contributed by atoms with Crippen LogP contribution in [-0.2, 0) is 0 Å². The smallest absolute Gasteiger partial charge is 0.384 e. The molecule has 0 heterocycles. The molecule has 0 bridgehead atoms. The molecule has 0 saturated carbocycles. The van der Waals surface area contributed by atoms with Gasteiger partial charge in [-0.2, -0.15) is 13.2 Å². The molecule has 0 aliphatic carbocycles. The van der Waals surface area contributed by atoms with E-state index in [1.54, 1.807) is 32.0 Å². The van der Waals surface area contributed by atoms with E-state index in [0.717, 1.165) is 10.6 Å². The molecular weight excluding hydrogens is 299 g/mol. The van der Waals surface area contributed by atoms with Crippen LogP contribution in [0.1, 0.15) is 26.3 Å². The van der Waals surface area contributed by atoms with Crippen LogP contribution in [0.3, 0.4) is 0 Å². The van der Waals surface area contributed by atoms with Crippen molar-refractivity contribution in [3.05, 3.63) is 23.8 Å². The summed E-state index contributed by atoms with van der Waals surface area (Å²) in [4.78, 5) is 1.96. The highest BCUT2D eigenvalue weighted by Crippen LogP contribution is 2.33. The molecule has 118 valence electrons. The van der Waals surface area contributed by atoms with E-state index in [1.807, 2.05) is 6.92 Å². The standard InChI is InChI=1S/C14H20F3N3S/c1-4-21-11-7-5-6-10(12(11)13(18)19)20(9(2)3)8-14(15,16)17/h5-7,9H,4,8H2,1-3H3,(H3,18,19). The molecule has 21 heavy (non-hydrogen) atoms. The van der Waals surface area contributed by atoms with Crippen LogP contribution >= 0.6 is 11.8 Å². The highest BCUT2D eigenvalue weighted by Gasteiger charge is 2.33. The Bertz CT molecular complexity index is 501. The lowest BCUT2D eigenvalue weighted by Crippen LogP contribution is -2.40. The summed E-state index contributed by atoms with van der Waals surface area (Å²) in [5.74, 6) is 0.541. The van der Waals surface area contributed by atoms with Gasteiger partial charge in [0.05, 0.1) is 5.56 Å². The molecule has 0 amide bonds. The molecule has 1 aromatic carbocycles. The number of amidine groups is 1. The first kappa shape index (κ1) is 17.7. The van der Waals surface area contributed by atoms with Gasteiger partial charge in [-0.1, -0.05) is 13.0 Å². The fraction of sp³-hybridized carbons (Fsp3) is 0.500. The quantitative estimate of drug-likeness (QED) is 0.475. The molecule has 3 nitrogen and oxygen atoms in total. The molecule has 0 unspecified atom stereocenters. The Morgan fingerprint density at radius 3 is 2.43 bits per heavy atom. The van der Waals surface area contributed by atoms with E-state index in [1.165, 1.54) is 16.7 Å². The number of halogens is 3. The highest BCUT2D eigenvalue weighted by molar-refractivity contribution is 7.99. The van der Waals surface area contributed by atoms with Crippen LogP contribution in [0.4, 0.5) is 18.9 Å². The fourth-order valence-corrected chi connectivity index (χ4v) is 2.89. The second-order valence-electron chi connectivity index (χ2n) is 4.83. The van der Waals surface area contributed by atoms with Crippen molar-refractivity contribution in [1.82, 2.24) is 0 Å². The van der Waals surface area contributed by atoms with Gasteiger partial charge in [0, 0.05) is 16.6 Å². The summed E-state index contributed by atoms with van der Waals surface area (Å²) in [6.45, 7) is 4.26. The van der Waals surface area contributed by atoms with E-state index in [2.05, 4.69) is 0 Å². The molecule has 0 spiro atoms. The van der Waals surface area contributed by atoms with Crippen LogP contribution in [0.5, 0.6) is 0 Å². The number of rotatable bonds is 6. The van der Waals surface area contributed by atoms with Gasteiger partial charge in [0.25, 0.3) is 0 Å². The number of benzene rings is 1. The molecule has 7 heteroatoms. The van der Waals surface area contributed by atoms with Crippen molar-refractivity contribution in [1.29, 1.82) is 5.41 Å². The fourth-order valence-electron chi connectivity index (χ4n) is 2.04. The Kier molecular flexibility index (Phi) is 5.95. The van der Waals surface area contributed by atoms with E-state index in [0.29, 0.717) is 11.3 Å². The lowest BCUT2D eigenvalue weighted by atomic mass is 10.1. The number of alkyl halides is 3. The minimum atomic E-state index is -4.31. The lowest BCUT2D eigenvalue weighted by molar-refractivity contribution is -0.120. The van der Waals surface area contributed by atoms with E-state index in [9.17, 15) is 13.2 Å². The topological polar surface area (TPSA) is 53.1 Å². The zero-order chi connectivity index (χ0) is 16.2. The highest BCUT2D eigenvalue weighted by atomic mass is 32.2. The predicted octanol–water partition coefficient (Wildman–Crippen LogP) is 3.86. The predicted molar refractivity (Wildman–Crippen MR) is 82.4 cm³/mol. The maximum Gasteiger partial charge on any atom is 0.405 e. The molecular formula is C14H20F3N3S. The first-order valence-electron chi connectivity index (χ1n) is 6.61.